The Kier molecular flexibility index (Phi) is 16.2. The summed E-state index contributed by atoms with van der Waals surface area (Å²) in [7, 11) is -0.558. The van der Waals surface area contributed by atoms with Gasteiger partial charge in [0.2, 0.25) is 0 Å². The van der Waals surface area contributed by atoms with Gasteiger partial charge < -0.3 is 42.0 Å². The van der Waals surface area contributed by atoms with Crippen LogP contribution in [0.25, 0.3) is 0 Å². The lowest BCUT2D eigenvalue weighted by molar-refractivity contribution is -0.145. The molecule has 3 atom stereocenters. The number of phosphoric acid groups is 1. The number of carbonyl (C=O) groups excluding carboxylic acids is 3. The predicted molar refractivity (Wildman–Crippen MR) is 210 cm³/mol. The van der Waals surface area contributed by atoms with Crippen molar-refractivity contribution in [3.05, 3.63) is 108 Å². The first-order valence-electron chi connectivity index (χ1n) is 17.8. The molecule has 0 bridgehead atoms. The van der Waals surface area contributed by atoms with Crippen molar-refractivity contribution < 1.29 is 60.9 Å². The van der Waals surface area contributed by atoms with Crippen LogP contribution in [-0.4, -0.2) is 39.2 Å². The maximum absolute atomic E-state index is 15.4. The van der Waals surface area contributed by atoms with Crippen LogP contribution < -0.4 is 27.8 Å². The van der Waals surface area contributed by atoms with E-state index in [9.17, 15) is 14.4 Å². The van der Waals surface area contributed by atoms with Crippen molar-refractivity contribution >= 4 is 25.7 Å². The fraction of sp³-hybridized carbons (Fsp3) is 0.357. The molecule has 3 aromatic rings. The quantitative estimate of drug-likeness (QED) is 0.0436. The number of phosphoric ester groups is 1. The standard InChI is InChI=1S/C42H51O13P/c1-13-34(50-40(43)25(4)5)31-22-28(47-10)16-19-37(31)53-56(46,54-38-20-17-29(48-11)23-32(38)35(14-2)51-41(44)26(6)7)55-39-21-18-30(49-12)24-33(39)36(15-3)52-42(45)27(8)9/h16-24,34-36H,4,6,8,13-15H2,1-3,5,7,9-12H3. The van der Waals surface area contributed by atoms with Crippen LogP contribution in [-0.2, 0) is 33.2 Å². The largest absolute Gasteiger partial charge is 0.647 e. The highest BCUT2D eigenvalue weighted by Gasteiger charge is 2.39. The maximum Gasteiger partial charge on any atom is 0.647 e. The van der Waals surface area contributed by atoms with Gasteiger partial charge in [-0.2, -0.15) is 4.57 Å². The summed E-state index contributed by atoms with van der Waals surface area (Å²) >= 11 is 0. The van der Waals surface area contributed by atoms with E-state index in [1.807, 2.05) is 0 Å². The number of carbonyl (C=O) groups is 3. The Balaban J connectivity index is 2.33. The molecule has 0 spiro atoms. The zero-order chi connectivity index (χ0) is 41.7. The van der Waals surface area contributed by atoms with Gasteiger partial charge in [-0.1, -0.05) is 40.5 Å². The van der Waals surface area contributed by atoms with E-state index in [4.69, 9.17) is 42.0 Å². The zero-order valence-corrected chi connectivity index (χ0v) is 34.3. The topological polar surface area (TPSA) is 151 Å². The van der Waals surface area contributed by atoms with Crippen LogP contribution in [0.2, 0.25) is 0 Å². The third-order valence-electron chi connectivity index (χ3n) is 8.23. The molecule has 0 radical (unpaired) electrons. The van der Waals surface area contributed by atoms with Crippen molar-refractivity contribution in [2.75, 3.05) is 21.3 Å². The van der Waals surface area contributed by atoms with E-state index in [1.54, 1.807) is 57.2 Å². The monoisotopic (exact) mass is 794 g/mol. The van der Waals surface area contributed by atoms with Crippen LogP contribution in [0.3, 0.4) is 0 Å². The molecule has 3 unspecified atom stereocenters. The van der Waals surface area contributed by atoms with Gasteiger partial charge in [-0.05, 0) is 94.6 Å². The molecule has 13 nitrogen and oxygen atoms in total. The molecule has 302 valence electrons. The van der Waals surface area contributed by atoms with E-state index in [0.29, 0.717) is 17.2 Å². The van der Waals surface area contributed by atoms with Gasteiger partial charge >= 0.3 is 25.7 Å². The molecule has 56 heavy (non-hydrogen) atoms. The molecular weight excluding hydrogens is 743 g/mol. The SMILES string of the molecule is C=C(C)C(=O)OC(CC)c1cc(OC)ccc1OP(=O)(Oc1ccc(OC)cc1C(CC)OC(=O)C(=C)C)Oc1ccc(OC)cc1C(CC)OC(=O)C(=C)C. The van der Waals surface area contributed by atoms with Crippen molar-refractivity contribution in [3.63, 3.8) is 0 Å². The fourth-order valence-electron chi connectivity index (χ4n) is 5.17. The van der Waals surface area contributed by atoms with Gasteiger partial charge in [0, 0.05) is 33.4 Å². The molecule has 0 N–H and O–H groups in total. The van der Waals surface area contributed by atoms with E-state index in [1.165, 1.54) is 60.3 Å². The van der Waals surface area contributed by atoms with Crippen LogP contribution in [0.5, 0.6) is 34.5 Å². The summed E-state index contributed by atoms with van der Waals surface area (Å²) in [5, 5.41) is 0. The molecule has 0 saturated heterocycles. The van der Waals surface area contributed by atoms with Gasteiger partial charge in [0.15, 0.2) is 0 Å². The number of esters is 3. The second-order valence-corrected chi connectivity index (χ2v) is 14.1. The second-order valence-electron chi connectivity index (χ2n) is 12.7. The molecule has 0 aliphatic rings. The molecule has 0 amide bonds. The lowest BCUT2D eigenvalue weighted by atomic mass is 10.1. The van der Waals surface area contributed by atoms with E-state index >= 15 is 4.57 Å². The molecule has 0 aliphatic carbocycles. The van der Waals surface area contributed by atoms with Crippen LogP contribution in [0.4, 0.5) is 0 Å². The Morgan fingerprint density at radius 2 is 0.768 bits per heavy atom. The van der Waals surface area contributed by atoms with Gasteiger partial charge in [-0.25, -0.2) is 14.4 Å². The van der Waals surface area contributed by atoms with Crippen molar-refractivity contribution in [1.82, 2.24) is 0 Å². The van der Waals surface area contributed by atoms with Gasteiger partial charge in [-0.3, -0.25) is 0 Å². The average molecular weight is 795 g/mol. The number of ether oxygens (including phenoxy) is 6. The molecule has 0 aliphatic heterocycles. The van der Waals surface area contributed by atoms with Crippen LogP contribution in [0.15, 0.2) is 91.1 Å². The molecule has 3 rings (SSSR count). The minimum atomic E-state index is -4.94. The first-order chi connectivity index (χ1) is 26.5. The Morgan fingerprint density at radius 3 is 0.964 bits per heavy atom. The number of hydrogen-bond acceptors (Lipinski definition) is 13. The predicted octanol–water partition coefficient (Wildman–Crippen LogP) is 10.1. The fourth-order valence-corrected chi connectivity index (χ4v) is 6.50. The Labute approximate surface area is 328 Å². The molecule has 0 saturated carbocycles. The molecule has 0 fully saturated rings. The highest BCUT2D eigenvalue weighted by molar-refractivity contribution is 7.49. The summed E-state index contributed by atoms with van der Waals surface area (Å²) in [5.74, 6) is -0.922. The maximum atomic E-state index is 15.4. The zero-order valence-electron chi connectivity index (χ0n) is 33.4. The number of rotatable bonds is 21. The lowest BCUT2D eigenvalue weighted by Crippen LogP contribution is -2.16. The Hall–Kier alpha value is -5.68. The van der Waals surface area contributed by atoms with Crippen molar-refractivity contribution in [3.8, 4) is 34.5 Å². The van der Waals surface area contributed by atoms with Crippen LogP contribution >= 0.6 is 7.82 Å². The number of methoxy groups -OCH3 is 3. The highest BCUT2D eigenvalue weighted by Crippen LogP contribution is 2.55. The second kappa shape index (κ2) is 20.3. The van der Waals surface area contributed by atoms with E-state index in [-0.39, 0.29) is 69.9 Å². The smallest absolute Gasteiger partial charge is 0.497 e. The number of benzene rings is 3. The third kappa shape index (κ3) is 11.7. The van der Waals surface area contributed by atoms with Gasteiger partial charge in [0.05, 0.1) is 21.3 Å². The Morgan fingerprint density at radius 1 is 0.518 bits per heavy atom. The average Bonchev–Trinajstić information content (AvgIpc) is 3.18. The lowest BCUT2D eigenvalue weighted by Gasteiger charge is -2.27. The van der Waals surface area contributed by atoms with Crippen molar-refractivity contribution in [2.24, 2.45) is 0 Å². The highest BCUT2D eigenvalue weighted by atomic mass is 31.2. The van der Waals surface area contributed by atoms with Gasteiger partial charge in [0.25, 0.3) is 0 Å². The van der Waals surface area contributed by atoms with E-state index in [2.05, 4.69) is 19.7 Å². The number of hydrogen-bond donors (Lipinski definition) is 0. The van der Waals surface area contributed by atoms with Crippen LogP contribution in [0, 0.1) is 0 Å². The van der Waals surface area contributed by atoms with E-state index < -0.39 is 44.0 Å². The summed E-state index contributed by atoms with van der Waals surface area (Å²) in [6.45, 7) is 20.9. The van der Waals surface area contributed by atoms with Crippen molar-refractivity contribution in [1.29, 1.82) is 0 Å². The molecule has 0 heterocycles. The molecular formula is C42H51O13P. The minimum Gasteiger partial charge on any atom is -0.497 e. The van der Waals surface area contributed by atoms with Gasteiger partial charge in [0.1, 0.15) is 52.8 Å². The first kappa shape index (κ1) is 44.7. The van der Waals surface area contributed by atoms with Crippen molar-refractivity contribution in [2.45, 2.75) is 79.1 Å². The summed E-state index contributed by atoms with van der Waals surface area (Å²) < 4.78 is 67.9. The molecule has 14 heteroatoms. The summed E-state index contributed by atoms with van der Waals surface area (Å²) in [6.07, 6.45) is -1.91. The Bertz CT molecular complexity index is 1760. The van der Waals surface area contributed by atoms with E-state index in [0.717, 1.165) is 0 Å². The first-order valence-corrected chi connectivity index (χ1v) is 19.3. The summed E-state index contributed by atoms with van der Waals surface area (Å²) in [6, 6.07) is 13.8. The minimum absolute atomic E-state index is 0.0397. The normalized spacial score (nSPS) is 13.4. The molecule has 3 aromatic carbocycles. The summed E-state index contributed by atoms with van der Waals surface area (Å²) in [5.41, 5.74) is 1.34. The van der Waals surface area contributed by atoms with Crippen LogP contribution in [0.1, 0.15) is 95.8 Å². The third-order valence-corrected chi connectivity index (χ3v) is 9.49. The summed E-state index contributed by atoms with van der Waals surface area (Å²) in [4.78, 5) is 38.2. The molecule has 0 aromatic heterocycles. The van der Waals surface area contributed by atoms with Gasteiger partial charge in [-0.15, -0.1) is 0 Å².